The van der Waals surface area contributed by atoms with Crippen molar-refractivity contribution >= 4 is 15.5 Å². The van der Waals surface area contributed by atoms with Gasteiger partial charge in [-0.2, -0.15) is 8.78 Å². The summed E-state index contributed by atoms with van der Waals surface area (Å²) < 4.78 is 48.4. The molecule has 0 spiro atoms. The van der Waals surface area contributed by atoms with Gasteiger partial charge in [-0.1, -0.05) is 12.1 Å². The third kappa shape index (κ3) is 3.46. The lowest BCUT2D eigenvalue weighted by atomic mass is 10.1. The molecule has 1 aromatic rings. The van der Waals surface area contributed by atoms with Crippen molar-refractivity contribution in [2.45, 2.75) is 36.0 Å². The maximum atomic E-state index is 12.6. The standard InChI is InChI=1S/C13H18F2N2O2S/c14-13(15)20(18,19)12-6-2-1-5-11(12)17-9-7-10-4-3-8-16-10/h1-2,5-6,10,13,16-17H,3-4,7-9H2/t10-/m0/s1. The Hall–Kier alpha value is -1.21. The Morgan fingerprint density at radius 1 is 1.35 bits per heavy atom. The van der Waals surface area contributed by atoms with E-state index in [-0.39, 0.29) is 10.6 Å². The minimum atomic E-state index is -4.57. The van der Waals surface area contributed by atoms with Crippen molar-refractivity contribution < 1.29 is 17.2 Å². The zero-order valence-corrected chi connectivity index (χ0v) is 11.8. The number of halogens is 2. The van der Waals surface area contributed by atoms with Gasteiger partial charge in [0.05, 0.1) is 10.6 Å². The largest absolute Gasteiger partial charge is 0.384 e. The van der Waals surface area contributed by atoms with Crippen LogP contribution in [-0.2, 0) is 9.84 Å². The molecule has 0 amide bonds. The van der Waals surface area contributed by atoms with Gasteiger partial charge in [0.25, 0.3) is 0 Å². The normalized spacial score (nSPS) is 19.4. The van der Waals surface area contributed by atoms with E-state index in [2.05, 4.69) is 10.6 Å². The van der Waals surface area contributed by atoms with E-state index in [1.54, 1.807) is 6.07 Å². The van der Waals surface area contributed by atoms with Gasteiger partial charge in [0, 0.05) is 12.6 Å². The number of alkyl halides is 2. The average molecular weight is 304 g/mol. The molecule has 0 aromatic heterocycles. The molecule has 0 bridgehead atoms. The highest BCUT2D eigenvalue weighted by molar-refractivity contribution is 7.91. The van der Waals surface area contributed by atoms with Gasteiger partial charge >= 0.3 is 5.76 Å². The first-order valence-electron chi connectivity index (χ1n) is 6.60. The Labute approximate surface area is 117 Å². The van der Waals surface area contributed by atoms with Gasteiger partial charge in [0.1, 0.15) is 0 Å². The highest BCUT2D eigenvalue weighted by Crippen LogP contribution is 2.26. The molecule has 0 unspecified atom stereocenters. The monoisotopic (exact) mass is 304 g/mol. The highest BCUT2D eigenvalue weighted by Gasteiger charge is 2.28. The second-order valence-electron chi connectivity index (χ2n) is 4.81. The maximum absolute atomic E-state index is 12.6. The number of benzene rings is 1. The Balaban J connectivity index is 2.04. The lowest BCUT2D eigenvalue weighted by Crippen LogP contribution is -2.24. The summed E-state index contributed by atoms with van der Waals surface area (Å²) in [6, 6.07) is 6.20. The molecule has 1 fully saturated rings. The van der Waals surface area contributed by atoms with Gasteiger partial charge < -0.3 is 10.6 Å². The number of hydrogen-bond donors (Lipinski definition) is 2. The molecule has 4 nitrogen and oxygen atoms in total. The molecule has 2 N–H and O–H groups in total. The molecule has 0 radical (unpaired) electrons. The van der Waals surface area contributed by atoms with Crippen LogP contribution >= 0.6 is 0 Å². The molecular weight excluding hydrogens is 286 g/mol. The number of para-hydroxylation sites is 1. The van der Waals surface area contributed by atoms with Gasteiger partial charge in [-0.25, -0.2) is 8.42 Å². The second kappa shape index (κ2) is 6.49. The molecule has 2 rings (SSSR count). The van der Waals surface area contributed by atoms with Gasteiger partial charge in [-0.05, 0) is 37.9 Å². The predicted octanol–water partition coefficient (Wildman–Crippen LogP) is 2.24. The van der Waals surface area contributed by atoms with Crippen LogP contribution in [0.25, 0.3) is 0 Å². The molecule has 20 heavy (non-hydrogen) atoms. The molecule has 1 aromatic carbocycles. The fraction of sp³-hybridized carbons (Fsp3) is 0.538. The summed E-state index contributed by atoms with van der Waals surface area (Å²) in [4.78, 5) is -0.339. The van der Waals surface area contributed by atoms with Crippen molar-refractivity contribution in [3.63, 3.8) is 0 Å². The van der Waals surface area contributed by atoms with Crippen molar-refractivity contribution in [3.8, 4) is 0 Å². The van der Waals surface area contributed by atoms with E-state index in [0.717, 1.165) is 25.8 Å². The molecule has 1 saturated heterocycles. The van der Waals surface area contributed by atoms with Gasteiger partial charge in [-0.3, -0.25) is 0 Å². The van der Waals surface area contributed by atoms with Crippen molar-refractivity contribution in [1.29, 1.82) is 0 Å². The molecule has 1 aliphatic heterocycles. The van der Waals surface area contributed by atoms with Crippen molar-refractivity contribution in [2.75, 3.05) is 18.4 Å². The zero-order chi connectivity index (χ0) is 14.6. The minimum Gasteiger partial charge on any atom is -0.384 e. The van der Waals surface area contributed by atoms with E-state index < -0.39 is 15.6 Å². The first-order chi connectivity index (χ1) is 9.51. The SMILES string of the molecule is O=S(=O)(c1ccccc1NCC[C@@H]1CCCN1)C(F)F. The molecule has 7 heteroatoms. The van der Waals surface area contributed by atoms with Crippen molar-refractivity contribution in [2.24, 2.45) is 0 Å². The minimum absolute atomic E-state index is 0.241. The summed E-state index contributed by atoms with van der Waals surface area (Å²) >= 11 is 0. The summed E-state index contributed by atoms with van der Waals surface area (Å²) in [5.74, 6) is -3.40. The van der Waals surface area contributed by atoms with E-state index in [0.29, 0.717) is 12.6 Å². The molecule has 0 aliphatic carbocycles. The smallest absolute Gasteiger partial charge is 0.341 e. The van der Waals surface area contributed by atoms with E-state index in [4.69, 9.17) is 0 Å². The van der Waals surface area contributed by atoms with Crippen LogP contribution in [0.1, 0.15) is 19.3 Å². The summed E-state index contributed by atoms with van der Waals surface area (Å²) in [5.41, 5.74) is 0.241. The predicted molar refractivity (Wildman–Crippen MR) is 73.8 cm³/mol. The highest BCUT2D eigenvalue weighted by atomic mass is 32.2. The topological polar surface area (TPSA) is 58.2 Å². The van der Waals surface area contributed by atoms with Crippen LogP contribution in [0.2, 0.25) is 0 Å². The van der Waals surface area contributed by atoms with Crippen LogP contribution < -0.4 is 10.6 Å². The number of sulfone groups is 1. The second-order valence-corrected chi connectivity index (χ2v) is 6.70. The summed E-state index contributed by atoms with van der Waals surface area (Å²) in [5, 5.41) is 6.28. The van der Waals surface area contributed by atoms with Gasteiger partial charge in [-0.15, -0.1) is 0 Å². The Kier molecular flexibility index (Phi) is 4.93. The lowest BCUT2D eigenvalue weighted by Gasteiger charge is -2.14. The quantitative estimate of drug-likeness (QED) is 0.846. The van der Waals surface area contributed by atoms with E-state index in [1.807, 2.05) is 0 Å². The molecule has 1 aliphatic rings. The van der Waals surface area contributed by atoms with Crippen LogP contribution in [0, 0.1) is 0 Å². The van der Waals surface area contributed by atoms with Crippen molar-refractivity contribution in [1.82, 2.24) is 5.32 Å². The molecule has 1 atom stereocenters. The van der Waals surface area contributed by atoms with Crippen LogP contribution in [0.3, 0.4) is 0 Å². The van der Waals surface area contributed by atoms with Crippen LogP contribution in [0.4, 0.5) is 14.5 Å². The fourth-order valence-electron chi connectivity index (χ4n) is 2.34. The van der Waals surface area contributed by atoms with Crippen LogP contribution in [0.5, 0.6) is 0 Å². The Morgan fingerprint density at radius 2 is 2.10 bits per heavy atom. The lowest BCUT2D eigenvalue weighted by molar-refractivity contribution is 0.235. The third-order valence-corrected chi connectivity index (χ3v) is 4.84. The Morgan fingerprint density at radius 3 is 2.75 bits per heavy atom. The van der Waals surface area contributed by atoms with E-state index >= 15 is 0 Å². The number of hydrogen-bond acceptors (Lipinski definition) is 4. The summed E-state index contributed by atoms with van der Waals surface area (Å²) in [7, 11) is -4.57. The molecule has 112 valence electrons. The molecule has 1 heterocycles. The zero-order valence-electron chi connectivity index (χ0n) is 11.0. The fourth-order valence-corrected chi connectivity index (χ4v) is 3.25. The first kappa shape index (κ1) is 15.2. The molecular formula is C13H18F2N2O2S. The molecule has 0 saturated carbocycles. The van der Waals surface area contributed by atoms with Gasteiger partial charge in [0.2, 0.25) is 9.84 Å². The summed E-state index contributed by atoms with van der Waals surface area (Å²) in [6.45, 7) is 1.55. The van der Waals surface area contributed by atoms with Gasteiger partial charge in [0.15, 0.2) is 0 Å². The van der Waals surface area contributed by atoms with E-state index in [1.165, 1.54) is 18.2 Å². The first-order valence-corrected chi connectivity index (χ1v) is 8.15. The Bertz CT molecular complexity index is 543. The summed E-state index contributed by atoms with van der Waals surface area (Å²) in [6.07, 6.45) is 3.07. The number of anilines is 1. The van der Waals surface area contributed by atoms with Crippen molar-refractivity contribution in [3.05, 3.63) is 24.3 Å². The third-order valence-electron chi connectivity index (χ3n) is 3.40. The van der Waals surface area contributed by atoms with Crippen LogP contribution in [0.15, 0.2) is 29.2 Å². The maximum Gasteiger partial charge on any atom is 0.341 e. The van der Waals surface area contributed by atoms with E-state index in [9.17, 15) is 17.2 Å². The number of rotatable bonds is 6. The van der Waals surface area contributed by atoms with Crippen LogP contribution in [-0.4, -0.2) is 33.3 Å². The number of nitrogens with one attached hydrogen (secondary N) is 2. The average Bonchev–Trinajstić information content (AvgIpc) is 2.92.